The van der Waals surface area contributed by atoms with Crippen LogP contribution in [0.2, 0.25) is 0 Å². The molecule has 0 saturated heterocycles. The molecule has 6 nitrogen and oxygen atoms in total. The second-order valence-electron chi connectivity index (χ2n) is 6.39. The molecule has 0 saturated carbocycles. The van der Waals surface area contributed by atoms with Gasteiger partial charge in [-0.15, -0.1) is 0 Å². The molecule has 6 heteroatoms. The predicted octanol–water partition coefficient (Wildman–Crippen LogP) is 3.59. The van der Waals surface area contributed by atoms with Crippen LogP contribution in [-0.4, -0.2) is 10.9 Å². The van der Waals surface area contributed by atoms with Crippen molar-refractivity contribution in [1.29, 1.82) is 5.26 Å². The first-order valence-electron chi connectivity index (χ1n) is 8.72. The number of rotatable bonds is 5. The minimum absolute atomic E-state index is 0.140. The van der Waals surface area contributed by atoms with Gasteiger partial charge in [-0.25, -0.2) is 0 Å². The summed E-state index contributed by atoms with van der Waals surface area (Å²) in [5, 5.41) is 11.6. The molecule has 0 fully saturated rings. The Kier molecular flexibility index (Phi) is 5.56. The van der Waals surface area contributed by atoms with Crippen LogP contribution in [0.5, 0.6) is 11.5 Å². The number of carbonyl (C=O) groups is 1. The summed E-state index contributed by atoms with van der Waals surface area (Å²) >= 11 is 0. The number of aryl methyl sites for hydroxylation is 2. The van der Waals surface area contributed by atoms with Gasteiger partial charge < -0.3 is 15.0 Å². The Bertz CT molecular complexity index is 1110. The van der Waals surface area contributed by atoms with E-state index < -0.39 is 0 Å². The lowest BCUT2D eigenvalue weighted by Crippen LogP contribution is -2.27. The van der Waals surface area contributed by atoms with Gasteiger partial charge in [-0.2, -0.15) is 5.26 Å². The second-order valence-corrected chi connectivity index (χ2v) is 6.39. The van der Waals surface area contributed by atoms with Crippen molar-refractivity contribution < 1.29 is 9.53 Å². The first-order chi connectivity index (χ1) is 13.5. The van der Waals surface area contributed by atoms with Crippen LogP contribution in [0.1, 0.15) is 32.7 Å². The van der Waals surface area contributed by atoms with Crippen LogP contribution in [0.4, 0.5) is 0 Å². The highest BCUT2D eigenvalue weighted by molar-refractivity contribution is 5.94. The molecule has 0 radical (unpaired) electrons. The van der Waals surface area contributed by atoms with E-state index in [0.717, 1.165) is 11.3 Å². The fraction of sp³-hybridized carbons (Fsp3) is 0.136. The van der Waals surface area contributed by atoms with Crippen molar-refractivity contribution >= 4 is 5.91 Å². The lowest BCUT2D eigenvalue weighted by molar-refractivity contribution is 0.0950. The Morgan fingerprint density at radius 1 is 1.11 bits per heavy atom. The van der Waals surface area contributed by atoms with Crippen molar-refractivity contribution in [2.45, 2.75) is 20.4 Å². The van der Waals surface area contributed by atoms with E-state index in [2.05, 4.69) is 10.3 Å². The standard InChI is InChI=1S/C22H19N3O3/c1-14-10-15(2)25-22(27)20(14)13-24-21(26)17-4-3-5-19(11-17)28-18-8-6-16(12-23)7-9-18/h3-11H,13H2,1-2H3,(H,24,26)(H,25,27). The second kappa shape index (κ2) is 8.23. The average Bonchev–Trinajstić information content (AvgIpc) is 2.68. The van der Waals surface area contributed by atoms with Gasteiger partial charge in [0.2, 0.25) is 0 Å². The first kappa shape index (κ1) is 18.9. The van der Waals surface area contributed by atoms with Crippen molar-refractivity contribution in [2.75, 3.05) is 0 Å². The predicted molar refractivity (Wildman–Crippen MR) is 105 cm³/mol. The third-order valence-corrected chi connectivity index (χ3v) is 4.23. The summed E-state index contributed by atoms with van der Waals surface area (Å²) in [6.07, 6.45) is 0. The van der Waals surface area contributed by atoms with Crippen LogP contribution in [0.25, 0.3) is 0 Å². The molecular formula is C22H19N3O3. The van der Waals surface area contributed by atoms with Crippen LogP contribution in [0.3, 0.4) is 0 Å². The minimum atomic E-state index is -0.301. The van der Waals surface area contributed by atoms with E-state index >= 15 is 0 Å². The first-order valence-corrected chi connectivity index (χ1v) is 8.72. The lowest BCUT2D eigenvalue weighted by atomic mass is 10.1. The summed E-state index contributed by atoms with van der Waals surface area (Å²) in [6, 6.07) is 17.4. The Morgan fingerprint density at radius 3 is 2.54 bits per heavy atom. The number of nitrogens with zero attached hydrogens (tertiary/aromatic N) is 1. The van der Waals surface area contributed by atoms with E-state index in [9.17, 15) is 9.59 Å². The molecule has 140 valence electrons. The molecule has 28 heavy (non-hydrogen) atoms. The van der Waals surface area contributed by atoms with Crippen LogP contribution in [-0.2, 0) is 6.54 Å². The number of aromatic amines is 1. The zero-order valence-corrected chi connectivity index (χ0v) is 15.6. The molecule has 1 amide bonds. The molecule has 2 aromatic carbocycles. The number of hydrogen-bond donors (Lipinski definition) is 2. The molecule has 0 spiro atoms. The number of pyridine rings is 1. The van der Waals surface area contributed by atoms with E-state index in [0.29, 0.717) is 28.2 Å². The lowest BCUT2D eigenvalue weighted by Gasteiger charge is -2.10. The zero-order chi connectivity index (χ0) is 20.1. The minimum Gasteiger partial charge on any atom is -0.457 e. The van der Waals surface area contributed by atoms with E-state index in [4.69, 9.17) is 10.00 Å². The summed E-state index contributed by atoms with van der Waals surface area (Å²) in [4.78, 5) is 27.3. The van der Waals surface area contributed by atoms with Crippen molar-refractivity contribution in [3.05, 3.63) is 92.9 Å². The number of hydrogen-bond acceptors (Lipinski definition) is 4. The maximum Gasteiger partial charge on any atom is 0.253 e. The van der Waals surface area contributed by atoms with Gasteiger partial charge >= 0.3 is 0 Å². The molecule has 3 rings (SSSR count). The smallest absolute Gasteiger partial charge is 0.253 e. The third-order valence-electron chi connectivity index (χ3n) is 4.23. The quantitative estimate of drug-likeness (QED) is 0.714. The number of aromatic nitrogens is 1. The monoisotopic (exact) mass is 373 g/mol. The number of ether oxygens (including phenoxy) is 1. The molecule has 0 aliphatic heterocycles. The zero-order valence-electron chi connectivity index (χ0n) is 15.6. The van der Waals surface area contributed by atoms with Gasteiger partial charge in [-0.3, -0.25) is 9.59 Å². The number of carbonyl (C=O) groups excluding carboxylic acids is 1. The highest BCUT2D eigenvalue weighted by Crippen LogP contribution is 2.22. The molecule has 1 aromatic heterocycles. The molecule has 0 aliphatic rings. The normalized spacial score (nSPS) is 10.2. The topological polar surface area (TPSA) is 95.0 Å². The van der Waals surface area contributed by atoms with E-state index in [-0.39, 0.29) is 18.0 Å². The van der Waals surface area contributed by atoms with Gasteiger partial charge in [0.1, 0.15) is 11.5 Å². The third kappa shape index (κ3) is 4.46. The van der Waals surface area contributed by atoms with Crippen molar-refractivity contribution in [2.24, 2.45) is 0 Å². The summed E-state index contributed by atoms with van der Waals surface area (Å²) in [5.41, 5.74) is 2.92. The summed E-state index contributed by atoms with van der Waals surface area (Å²) in [6.45, 7) is 3.80. The highest BCUT2D eigenvalue weighted by atomic mass is 16.5. The van der Waals surface area contributed by atoms with Crippen LogP contribution in [0.15, 0.2) is 59.4 Å². The van der Waals surface area contributed by atoms with Gasteiger partial charge in [-0.1, -0.05) is 6.07 Å². The van der Waals surface area contributed by atoms with Crippen molar-refractivity contribution in [1.82, 2.24) is 10.3 Å². The fourth-order valence-electron chi connectivity index (χ4n) is 2.81. The Hall–Kier alpha value is -3.85. The van der Waals surface area contributed by atoms with Crippen molar-refractivity contribution in [3.8, 4) is 17.6 Å². The van der Waals surface area contributed by atoms with Gasteiger partial charge in [0.15, 0.2) is 0 Å². The van der Waals surface area contributed by atoms with Gasteiger partial charge in [0.25, 0.3) is 11.5 Å². The van der Waals surface area contributed by atoms with Gasteiger partial charge in [0.05, 0.1) is 11.6 Å². The molecular weight excluding hydrogens is 354 g/mol. The molecule has 0 aliphatic carbocycles. The molecule has 3 aromatic rings. The molecule has 0 atom stereocenters. The van der Waals surface area contributed by atoms with Crippen LogP contribution < -0.4 is 15.6 Å². The fourth-order valence-corrected chi connectivity index (χ4v) is 2.81. The SMILES string of the molecule is Cc1cc(C)c(CNC(=O)c2cccc(Oc3ccc(C#N)cc3)c2)c(=O)[nH]1. The van der Waals surface area contributed by atoms with E-state index in [1.807, 2.05) is 26.0 Å². The highest BCUT2D eigenvalue weighted by Gasteiger charge is 2.10. The Balaban J connectivity index is 1.70. The molecule has 1 heterocycles. The Morgan fingerprint density at radius 2 is 1.86 bits per heavy atom. The van der Waals surface area contributed by atoms with Crippen LogP contribution in [0, 0.1) is 25.2 Å². The van der Waals surface area contributed by atoms with Crippen LogP contribution >= 0.6 is 0 Å². The maximum atomic E-state index is 12.5. The molecule has 0 unspecified atom stereocenters. The largest absolute Gasteiger partial charge is 0.457 e. The summed E-state index contributed by atoms with van der Waals surface area (Å²) < 4.78 is 5.74. The average molecular weight is 373 g/mol. The molecule has 0 bridgehead atoms. The Labute approximate surface area is 162 Å². The van der Waals surface area contributed by atoms with E-state index in [1.165, 1.54) is 0 Å². The number of nitriles is 1. The number of H-pyrrole nitrogens is 1. The number of benzene rings is 2. The summed E-state index contributed by atoms with van der Waals surface area (Å²) in [5.74, 6) is 0.768. The van der Waals surface area contributed by atoms with Gasteiger partial charge in [-0.05, 0) is 67.9 Å². The van der Waals surface area contributed by atoms with Crippen molar-refractivity contribution in [3.63, 3.8) is 0 Å². The van der Waals surface area contributed by atoms with E-state index in [1.54, 1.807) is 48.5 Å². The summed E-state index contributed by atoms with van der Waals surface area (Å²) in [7, 11) is 0. The van der Waals surface area contributed by atoms with Gasteiger partial charge in [0, 0.05) is 23.4 Å². The number of nitrogens with one attached hydrogen (secondary N) is 2. The number of amides is 1. The molecule has 2 N–H and O–H groups in total. The maximum absolute atomic E-state index is 12.5.